The Morgan fingerprint density at radius 2 is 1.07 bits per heavy atom. The number of aldehydes is 1. The summed E-state index contributed by atoms with van der Waals surface area (Å²) in [6.45, 7) is 0. The van der Waals surface area contributed by atoms with Crippen molar-refractivity contribution in [2.45, 2.75) is 34.3 Å². The van der Waals surface area contributed by atoms with E-state index in [0.717, 1.165) is 32.0 Å². The summed E-state index contributed by atoms with van der Waals surface area (Å²) in [6, 6.07) is 10.0. The number of hydrogen-bond donors (Lipinski definition) is 2. The number of nitrogens with two attached hydrogens (primary N) is 2. The Balaban J connectivity index is 0.000000150. The molecule has 0 spiro atoms. The number of nitrogen functional groups attached to an aromatic ring is 2. The van der Waals surface area contributed by atoms with Crippen LogP contribution in [0.2, 0.25) is 15.5 Å². The average Bonchev–Trinajstić information content (AvgIpc) is 3.25. The largest absolute Gasteiger partial charge is 0.382 e. The van der Waals surface area contributed by atoms with Gasteiger partial charge in [0.25, 0.3) is 0 Å². The van der Waals surface area contributed by atoms with Crippen molar-refractivity contribution in [2.75, 3.05) is 28.7 Å². The number of aromatic nitrogens is 10. The lowest BCUT2D eigenvalue weighted by molar-refractivity contribution is -0.117. The molecule has 6 aromatic rings. The summed E-state index contributed by atoms with van der Waals surface area (Å²) in [5, 5.41) is 3.46. The minimum atomic E-state index is 0.134. The summed E-state index contributed by atoms with van der Waals surface area (Å²) in [7, 11) is 0. The van der Waals surface area contributed by atoms with E-state index in [0.29, 0.717) is 85.9 Å². The highest BCUT2D eigenvalue weighted by atomic mass is 79.9. The molecule has 0 fully saturated rings. The summed E-state index contributed by atoms with van der Waals surface area (Å²) in [6.07, 6.45) is 14.6. The Morgan fingerprint density at radius 3 is 1.57 bits per heavy atom. The van der Waals surface area contributed by atoms with Gasteiger partial charge in [-0.15, -0.1) is 0 Å². The molecule has 1 aromatic carbocycles. The molecular weight excluding hydrogens is 971 g/mol. The number of rotatable bonds is 3. The maximum absolute atomic E-state index is 11.4. The van der Waals surface area contributed by atoms with E-state index in [9.17, 15) is 19.2 Å². The number of halogens is 4. The minimum Gasteiger partial charge on any atom is -0.382 e. The molecule has 23 heteroatoms. The summed E-state index contributed by atoms with van der Waals surface area (Å²) < 4.78 is 0.520. The molecule has 0 atom stereocenters. The number of anilines is 2. The normalized spacial score (nSPS) is 13.5. The first-order valence-corrected chi connectivity index (χ1v) is 22.2. The number of ketones is 3. The van der Waals surface area contributed by atoms with Crippen LogP contribution in [0.3, 0.4) is 0 Å². The van der Waals surface area contributed by atoms with E-state index in [1.165, 1.54) is 66.3 Å². The zero-order valence-corrected chi connectivity index (χ0v) is 37.6. The van der Waals surface area contributed by atoms with Gasteiger partial charge in [-0.1, -0.05) is 106 Å². The molecule has 8 heterocycles. The van der Waals surface area contributed by atoms with Crippen LogP contribution >= 0.6 is 86.0 Å². The molecule has 3 aliphatic rings. The molecule has 0 saturated carbocycles. The molecular formula is C38H30BrCl3N12O4S3. The van der Waals surface area contributed by atoms with Crippen LogP contribution in [0.4, 0.5) is 11.6 Å². The zero-order chi connectivity index (χ0) is 43.7. The van der Waals surface area contributed by atoms with Gasteiger partial charge in [0.1, 0.15) is 64.0 Å². The molecule has 0 unspecified atom stereocenters. The summed E-state index contributed by atoms with van der Waals surface area (Å²) in [5.74, 6) is 2.67. The molecule has 0 saturated heterocycles. The number of thioether (sulfide) groups is 3. The maximum Gasteiger partial charge on any atom is 0.170 e. The molecule has 0 amide bonds. The number of Topliss-reactive ketones (excluding diaryl/α,β-unsaturated/α-hetero) is 3. The first kappa shape index (κ1) is 47.1. The number of carbonyl (C=O) groups is 4. The Morgan fingerprint density at radius 1 is 0.574 bits per heavy atom. The Bertz CT molecular complexity index is 2550. The van der Waals surface area contributed by atoms with Crippen molar-refractivity contribution in [3.05, 3.63) is 122 Å². The average molecular weight is 1000 g/mol. The van der Waals surface area contributed by atoms with E-state index in [-0.39, 0.29) is 23.0 Å². The highest BCUT2D eigenvalue weighted by Gasteiger charge is 2.20. The Hall–Kier alpha value is -4.96. The van der Waals surface area contributed by atoms with Gasteiger partial charge in [0, 0.05) is 0 Å². The maximum atomic E-state index is 11.4. The van der Waals surface area contributed by atoms with Gasteiger partial charge in [0.05, 0.1) is 96.5 Å². The number of carbonyl (C=O) groups excluding carboxylic acids is 4. The summed E-state index contributed by atoms with van der Waals surface area (Å²) in [5.41, 5.74) is 14.9. The van der Waals surface area contributed by atoms with Crippen molar-refractivity contribution in [1.29, 1.82) is 0 Å². The van der Waals surface area contributed by atoms with E-state index in [1.54, 1.807) is 6.20 Å². The van der Waals surface area contributed by atoms with Crippen LogP contribution in [-0.4, -0.2) is 90.7 Å². The summed E-state index contributed by atoms with van der Waals surface area (Å²) >= 11 is 23.8. The highest BCUT2D eigenvalue weighted by molar-refractivity contribution is 9.10. The van der Waals surface area contributed by atoms with Gasteiger partial charge >= 0.3 is 0 Å². The topological polar surface area (TPSA) is 249 Å². The van der Waals surface area contributed by atoms with Gasteiger partial charge in [-0.05, 0) is 27.6 Å². The first-order valence-electron chi connectivity index (χ1n) is 17.4. The van der Waals surface area contributed by atoms with Gasteiger partial charge in [-0.25, -0.2) is 44.9 Å². The van der Waals surface area contributed by atoms with Gasteiger partial charge in [-0.3, -0.25) is 24.2 Å². The minimum absolute atomic E-state index is 0.134. The second-order valence-electron chi connectivity index (χ2n) is 12.0. The van der Waals surface area contributed by atoms with Gasteiger partial charge < -0.3 is 11.5 Å². The number of benzene rings is 1. The highest BCUT2D eigenvalue weighted by Crippen LogP contribution is 2.27. The SMILES string of the molecule is Nc1cncc(Cl)n1.Nc1nc(Cl)cnc1Br.O=C1CSc2ncc(/C=C/c3ccccc3)nc2C1.O=C1CSc2ncc(Cl)nc2C1.O=Cc1cnc2c(n1)CC(=O)CS2. The molecule has 9 rings (SSSR count). The van der Waals surface area contributed by atoms with Crippen LogP contribution in [0, 0.1) is 0 Å². The predicted octanol–water partition coefficient (Wildman–Crippen LogP) is 6.90. The molecule has 0 aliphatic carbocycles. The molecule has 61 heavy (non-hydrogen) atoms. The van der Waals surface area contributed by atoms with Crippen molar-refractivity contribution < 1.29 is 19.2 Å². The van der Waals surface area contributed by atoms with Crippen molar-refractivity contribution in [3.8, 4) is 0 Å². The molecule has 16 nitrogen and oxygen atoms in total. The standard InChI is InChI=1S/C15H12N2OS.C8H6N2O2S.C7H5ClN2OS.C4H3BrClN3.C4H4ClN3/c18-13-8-14-15(19-10-13)16-9-12(17-14)7-6-11-4-2-1-3-5-11;11-3-5-2-9-8-7(10-5)1-6(12)4-13-8;8-6-2-9-7-5(10-6)1-4(11)3-12-7;5-3-4(7)9-2(6)1-8-3;5-3-1-7-2-4(6)8-3/h1-7,9H,8,10H2;2-3H,1,4H2;2H,1,3H2;1H,(H2,7,9);1-2H,(H2,6,8)/b7-6+;;;;. The van der Waals surface area contributed by atoms with Crippen LogP contribution in [0.1, 0.15) is 38.8 Å². The summed E-state index contributed by atoms with van der Waals surface area (Å²) in [4.78, 5) is 83.6. The van der Waals surface area contributed by atoms with Crippen LogP contribution in [-0.2, 0) is 33.6 Å². The number of nitrogens with zero attached hydrogens (tertiary/aromatic N) is 10. The van der Waals surface area contributed by atoms with E-state index in [4.69, 9.17) is 46.3 Å². The monoisotopic (exact) mass is 998 g/mol. The fourth-order valence-corrected chi connectivity index (χ4v) is 7.80. The number of hydrogen-bond acceptors (Lipinski definition) is 19. The molecule has 4 N–H and O–H groups in total. The first-order chi connectivity index (χ1) is 29.3. The van der Waals surface area contributed by atoms with Crippen molar-refractivity contribution >= 4 is 133 Å². The van der Waals surface area contributed by atoms with Crippen molar-refractivity contribution in [1.82, 2.24) is 49.8 Å². The van der Waals surface area contributed by atoms with Crippen LogP contribution in [0.5, 0.6) is 0 Å². The molecule has 0 bridgehead atoms. The van der Waals surface area contributed by atoms with E-state index < -0.39 is 0 Å². The van der Waals surface area contributed by atoms with E-state index in [2.05, 4.69) is 65.8 Å². The number of fused-ring (bicyclic) bond motifs is 3. The van der Waals surface area contributed by atoms with Crippen LogP contribution in [0.15, 0.2) is 87.2 Å². The van der Waals surface area contributed by atoms with Gasteiger partial charge in [0.2, 0.25) is 0 Å². The van der Waals surface area contributed by atoms with Gasteiger partial charge in [0.15, 0.2) is 12.1 Å². The quantitative estimate of drug-likeness (QED) is 0.171. The van der Waals surface area contributed by atoms with E-state index >= 15 is 0 Å². The second kappa shape index (κ2) is 23.9. The van der Waals surface area contributed by atoms with E-state index in [1.807, 2.05) is 42.5 Å². The Kier molecular flexibility index (Phi) is 18.4. The molecule has 0 radical (unpaired) electrons. The third kappa shape index (κ3) is 15.8. The van der Waals surface area contributed by atoms with Crippen molar-refractivity contribution in [2.24, 2.45) is 0 Å². The van der Waals surface area contributed by atoms with Crippen molar-refractivity contribution in [3.63, 3.8) is 0 Å². The van der Waals surface area contributed by atoms with Crippen LogP contribution < -0.4 is 11.5 Å². The Labute approximate surface area is 384 Å². The third-order valence-electron chi connectivity index (χ3n) is 7.34. The third-order valence-corrected chi connectivity index (χ3v) is 11.7. The predicted molar refractivity (Wildman–Crippen MR) is 241 cm³/mol. The molecule has 3 aliphatic heterocycles. The lowest BCUT2D eigenvalue weighted by Gasteiger charge is -2.12. The lowest BCUT2D eigenvalue weighted by atomic mass is 10.2. The smallest absolute Gasteiger partial charge is 0.170 e. The van der Waals surface area contributed by atoms with Crippen LogP contribution in [0.25, 0.3) is 12.2 Å². The molecule has 5 aromatic heterocycles. The fourth-order valence-electron chi connectivity index (χ4n) is 4.73. The second-order valence-corrected chi connectivity index (χ2v) is 16.9. The van der Waals surface area contributed by atoms with Gasteiger partial charge in [-0.2, -0.15) is 0 Å². The molecule has 312 valence electrons. The lowest BCUT2D eigenvalue weighted by Crippen LogP contribution is -2.15. The zero-order valence-electron chi connectivity index (χ0n) is 31.3. The fraction of sp³-hybridized carbons (Fsp3) is 0.158.